The van der Waals surface area contributed by atoms with Gasteiger partial charge in [0.1, 0.15) is 5.82 Å². The number of aliphatic hydroxyl groups excluding tert-OH is 1. The lowest BCUT2D eigenvalue weighted by Crippen LogP contribution is -2.32. The topological polar surface area (TPSA) is 67.2 Å². The molecule has 1 aliphatic carbocycles. The van der Waals surface area contributed by atoms with Gasteiger partial charge in [-0.15, -0.1) is 0 Å². The van der Waals surface area contributed by atoms with Crippen LogP contribution in [-0.2, 0) is 12.8 Å². The standard InChI is InChI=1S/C19H24FN3O2/c1-2-5-15(24)12-21-19(25)18-16-6-3-4-7-17(16)23(22-18)14-10-8-13(20)9-11-14/h8-11,15,24H,2-7,12H2,1H3,(H,21,25)/t15-/m1/s1. The van der Waals surface area contributed by atoms with E-state index in [0.717, 1.165) is 49.0 Å². The van der Waals surface area contributed by atoms with E-state index in [9.17, 15) is 14.3 Å². The van der Waals surface area contributed by atoms with Crippen molar-refractivity contribution in [3.8, 4) is 5.69 Å². The molecule has 0 bridgehead atoms. The Morgan fingerprint density at radius 1 is 1.32 bits per heavy atom. The average molecular weight is 345 g/mol. The van der Waals surface area contributed by atoms with Crippen molar-refractivity contribution in [1.82, 2.24) is 15.1 Å². The van der Waals surface area contributed by atoms with Gasteiger partial charge in [-0.3, -0.25) is 4.79 Å². The number of benzene rings is 1. The second-order valence-corrected chi connectivity index (χ2v) is 6.52. The largest absolute Gasteiger partial charge is 0.391 e. The summed E-state index contributed by atoms with van der Waals surface area (Å²) < 4.78 is 15.0. The van der Waals surface area contributed by atoms with E-state index in [1.807, 2.05) is 6.92 Å². The van der Waals surface area contributed by atoms with Crippen molar-refractivity contribution in [3.05, 3.63) is 47.0 Å². The number of nitrogens with zero attached hydrogens (tertiary/aromatic N) is 2. The van der Waals surface area contributed by atoms with Crippen LogP contribution in [0.5, 0.6) is 0 Å². The second-order valence-electron chi connectivity index (χ2n) is 6.52. The van der Waals surface area contributed by atoms with E-state index in [2.05, 4.69) is 10.4 Å². The number of amides is 1. The Labute approximate surface area is 146 Å². The number of fused-ring (bicyclic) bond motifs is 1. The predicted molar refractivity (Wildman–Crippen MR) is 93.4 cm³/mol. The lowest BCUT2D eigenvalue weighted by molar-refractivity contribution is 0.0904. The molecule has 5 nitrogen and oxygen atoms in total. The van der Waals surface area contributed by atoms with Gasteiger partial charge in [-0.25, -0.2) is 9.07 Å². The first-order chi connectivity index (χ1) is 12.1. The van der Waals surface area contributed by atoms with Gasteiger partial charge in [0.15, 0.2) is 5.69 Å². The van der Waals surface area contributed by atoms with Crippen LogP contribution in [0.1, 0.15) is 54.4 Å². The van der Waals surface area contributed by atoms with E-state index < -0.39 is 6.10 Å². The minimum atomic E-state index is -0.538. The average Bonchev–Trinajstić information content (AvgIpc) is 3.00. The van der Waals surface area contributed by atoms with E-state index >= 15 is 0 Å². The lowest BCUT2D eigenvalue weighted by atomic mass is 9.95. The van der Waals surface area contributed by atoms with Crippen LogP contribution in [0.15, 0.2) is 24.3 Å². The fourth-order valence-corrected chi connectivity index (χ4v) is 3.31. The Kier molecular flexibility index (Phi) is 5.48. The maximum atomic E-state index is 13.2. The molecule has 2 aromatic rings. The number of nitrogens with one attached hydrogen (secondary N) is 1. The van der Waals surface area contributed by atoms with Crippen molar-refractivity contribution in [1.29, 1.82) is 0 Å². The van der Waals surface area contributed by atoms with Crippen molar-refractivity contribution >= 4 is 5.91 Å². The minimum absolute atomic E-state index is 0.227. The van der Waals surface area contributed by atoms with Crippen molar-refractivity contribution in [2.45, 2.75) is 51.6 Å². The van der Waals surface area contributed by atoms with E-state index in [-0.39, 0.29) is 18.3 Å². The summed E-state index contributed by atoms with van der Waals surface area (Å²) in [6, 6.07) is 6.13. The molecule has 6 heteroatoms. The van der Waals surface area contributed by atoms with Crippen LogP contribution in [0.4, 0.5) is 4.39 Å². The van der Waals surface area contributed by atoms with Gasteiger partial charge in [0.05, 0.1) is 11.8 Å². The number of hydrogen-bond donors (Lipinski definition) is 2. The summed E-state index contributed by atoms with van der Waals surface area (Å²) in [7, 11) is 0. The summed E-state index contributed by atoms with van der Waals surface area (Å²) in [6.07, 6.45) is 4.73. The van der Waals surface area contributed by atoms with Gasteiger partial charge in [0.25, 0.3) is 5.91 Å². The van der Waals surface area contributed by atoms with E-state index in [0.29, 0.717) is 12.1 Å². The number of carbonyl (C=O) groups excluding carboxylic acids is 1. The highest BCUT2D eigenvalue weighted by Crippen LogP contribution is 2.27. The first-order valence-corrected chi connectivity index (χ1v) is 8.93. The minimum Gasteiger partial charge on any atom is -0.391 e. The maximum absolute atomic E-state index is 13.2. The second kappa shape index (κ2) is 7.78. The van der Waals surface area contributed by atoms with Crippen molar-refractivity contribution in [2.75, 3.05) is 6.54 Å². The van der Waals surface area contributed by atoms with Crippen LogP contribution in [0.2, 0.25) is 0 Å². The molecule has 1 atom stereocenters. The molecule has 2 N–H and O–H groups in total. The number of rotatable bonds is 6. The van der Waals surface area contributed by atoms with Gasteiger partial charge in [-0.2, -0.15) is 5.10 Å². The highest BCUT2D eigenvalue weighted by molar-refractivity contribution is 5.94. The SMILES string of the molecule is CCC[C@@H](O)CNC(=O)c1nn(-c2ccc(F)cc2)c2c1CCCC2. The molecule has 1 aromatic heterocycles. The molecule has 0 spiro atoms. The van der Waals surface area contributed by atoms with Crippen molar-refractivity contribution in [3.63, 3.8) is 0 Å². The fourth-order valence-electron chi connectivity index (χ4n) is 3.31. The molecule has 1 amide bonds. The summed E-state index contributed by atoms with van der Waals surface area (Å²) in [5.41, 5.74) is 3.17. The van der Waals surface area contributed by atoms with Gasteiger partial charge in [0, 0.05) is 17.8 Å². The molecule has 1 heterocycles. The van der Waals surface area contributed by atoms with Crippen LogP contribution in [0.3, 0.4) is 0 Å². The number of carbonyl (C=O) groups is 1. The van der Waals surface area contributed by atoms with E-state index in [1.54, 1.807) is 16.8 Å². The zero-order valence-electron chi connectivity index (χ0n) is 14.5. The Hall–Kier alpha value is -2.21. The highest BCUT2D eigenvalue weighted by Gasteiger charge is 2.25. The molecule has 0 saturated heterocycles. The van der Waals surface area contributed by atoms with Crippen LogP contribution in [0, 0.1) is 5.82 Å². The summed E-state index contributed by atoms with van der Waals surface area (Å²) in [6.45, 7) is 2.22. The number of aliphatic hydroxyl groups is 1. The predicted octanol–water partition coefficient (Wildman–Crippen LogP) is 2.78. The maximum Gasteiger partial charge on any atom is 0.272 e. The molecular formula is C19H24FN3O2. The Morgan fingerprint density at radius 2 is 2.04 bits per heavy atom. The monoisotopic (exact) mass is 345 g/mol. The van der Waals surface area contributed by atoms with Crippen LogP contribution < -0.4 is 5.32 Å². The summed E-state index contributed by atoms with van der Waals surface area (Å²) >= 11 is 0. The summed E-state index contributed by atoms with van der Waals surface area (Å²) in [4.78, 5) is 12.6. The third-order valence-electron chi connectivity index (χ3n) is 4.59. The molecule has 25 heavy (non-hydrogen) atoms. The van der Waals surface area contributed by atoms with E-state index in [4.69, 9.17) is 0 Å². The normalized spacial score (nSPS) is 14.8. The van der Waals surface area contributed by atoms with Gasteiger partial charge in [-0.1, -0.05) is 13.3 Å². The highest BCUT2D eigenvalue weighted by atomic mass is 19.1. The molecule has 0 fully saturated rings. The molecule has 3 rings (SSSR count). The molecule has 0 unspecified atom stereocenters. The van der Waals surface area contributed by atoms with Gasteiger partial charge < -0.3 is 10.4 Å². The van der Waals surface area contributed by atoms with Crippen LogP contribution in [-0.4, -0.2) is 33.4 Å². The Morgan fingerprint density at radius 3 is 2.76 bits per heavy atom. The summed E-state index contributed by atoms with van der Waals surface area (Å²) in [5.74, 6) is -0.554. The fraction of sp³-hybridized carbons (Fsp3) is 0.474. The molecular weight excluding hydrogens is 321 g/mol. The molecule has 0 aliphatic heterocycles. The van der Waals surface area contributed by atoms with Gasteiger partial charge in [-0.05, 0) is 56.4 Å². The van der Waals surface area contributed by atoms with Crippen LogP contribution >= 0.6 is 0 Å². The molecule has 1 aromatic carbocycles. The number of halogens is 1. The molecule has 134 valence electrons. The lowest BCUT2D eigenvalue weighted by Gasteiger charge is -2.14. The first kappa shape index (κ1) is 17.6. The first-order valence-electron chi connectivity index (χ1n) is 8.93. The Bertz CT molecular complexity index is 740. The third-order valence-corrected chi connectivity index (χ3v) is 4.59. The molecule has 1 aliphatic rings. The quantitative estimate of drug-likeness (QED) is 0.846. The smallest absolute Gasteiger partial charge is 0.272 e. The Balaban J connectivity index is 1.87. The molecule has 0 saturated carbocycles. The van der Waals surface area contributed by atoms with Crippen molar-refractivity contribution < 1.29 is 14.3 Å². The van der Waals surface area contributed by atoms with Crippen LogP contribution in [0.25, 0.3) is 5.69 Å². The third kappa shape index (κ3) is 3.90. The summed E-state index contributed by atoms with van der Waals surface area (Å²) in [5, 5.41) is 17.1. The number of aromatic nitrogens is 2. The van der Waals surface area contributed by atoms with Gasteiger partial charge in [0.2, 0.25) is 0 Å². The molecule has 0 radical (unpaired) electrons. The van der Waals surface area contributed by atoms with Gasteiger partial charge >= 0.3 is 0 Å². The zero-order chi connectivity index (χ0) is 17.8. The van der Waals surface area contributed by atoms with Crippen molar-refractivity contribution in [2.24, 2.45) is 0 Å². The van der Waals surface area contributed by atoms with E-state index in [1.165, 1.54) is 12.1 Å². The zero-order valence-corrected chi connectivity index (χ0v) is 14.5. The number of hydrogen-bond acceptors (Lipinski definition) is 3.